The Morgan fingerprint density at radius 3 is 1.93 bits per heavy atom. The summed E-state index contributed by atoms with van der Waals surface area (Å²) in [5.74, 6) is 0.398. The van der Waals surface area contributed by atoms with Crippen LogP contribution in [-0.2, 0) is 9.59 Å². The third-order valence-electron chi connectivity index (χ3n) is 4.43. The van der Waals surface area contributed by atoms with Crippen molar-refractivity contribution in [2.24, 2.45) is 0 Å². The van der Waals surface area contributed by atoms with Gasteiger partial charge >= 0.3 is 11.9 Å². The Morgan fingerprint density at radius 1 is 0.750 bits per heavy atom. The Kier molecular flexibility index (Phi) is 14.2. The minimum atomic E-state index is -0.730. The van der Waals surface area contributed by atoms with Gasteiger partial charge in [-0.15, -0.1) is 11.8 Å². The maximum absolute atomic E-state index is 10.5. The van der Waals surface area contributed by atoms with E-state index in [1.807, 2.05) is 18.2 Å². The highest BCUT2D eigenvalue weighted by molar-refractivity contribution is 7.99. The molecule has 0 bridgehead atoms. The molecule has 0 saturated heterocycles. The average Bonchev–Trinajstić information content (AvgIpc) is 2.66. The second kappa shape index (κ2) is 16.3. The molecule has 2 N–H and O–H groups in total. The van der Waals surface area contributed by atoms with Gasteiger partial charge in [0.1, 0.15) is 5.75 Å². The molecule has 1 rings (SSSR count). The normalized spacial score (nSPS) is 10.7. The first kappa shape index (κ1) is 24.3. The number of unbranched alkanes of at least 4 members (excludes halogenated alkanes) is 8. The second-order valence-corrected chi connectivity index (χ2v) is 8.10. The van der Waals surface area contributed by atoms with Gasteiger partial charge in [0.15, 0.2) is 0 Å². The highest BCUT2D eigenvalue weighted by Gasteiger charge is 2.04. The summed E-state index contributed by atoms with van der Waals surface area (Å²) in [5, 5.41) is 17.3. The molecule has 0 aromatic heterocycles. The molecule has 158 valence electrons. The summed E-state index contributed by atoms with van der Waals surface area (Å²) in [6, 6.07) is 8.04. The van der Waals surface area contributed by atoms with Gasteiger partial charge in [0.25, 0.3) is 0 Å². The summed E-state index contributed by atoms with van der Waals surface area (Å²) in [5.41, 5.74) is 0. The summed E-state index contributed by atoms with van der Waals surface area (Å²) < 4.78 is 5.94. The van der Waals surface area contributed by atoms with Gasteiger partial charge in [0.2, 0.25) is 0 Å². The van der Waals surface area contributed by atoms with Crippen LogP contribution in [0.2, 0.25) is 0 Å². The minimum absolute atomic E-state index is 0.237. The van der Waals surface area contributed by atoms with Crippen LogP contribution in [0.25, 0.3) is 0 Å². The van der Waals surface area contributed by atoms with Gasteiger partial charge in [-0.25, -0.2) is 0 Å². The lowest BCUT2D eigenvalue weighted by Gasteiger charge is -2.11. The number of hydrogen-bond acceptors (Lipinski definition) is 4. The van der Waals surface area contributed by atoms with Gasteiger partial charge in [0.05, 0.1) is 6.61 Å². The predicted octanol–water partition coefficient (Wildman–Crippen LogP) is 6.01. The predicted molar refractivity (Wildman–Crippen MR) is 113 cm³/mol. The first-order chi connectivity index (χ1) is 13.6. The van der Waals surface area contributed by atoms with Crippen molar-refractivity contribution < 1.29 is 24.5 Å². The molecule has 0 aliphatic rings. The highest BCUT2D eigenvalue weighted by atomic mass is 32.2. The fourth-order valence-corrected chi connectivity index (χ4v) is 3.88. The average molecular weight is 411 g/mol. The van der Waals surface area contributed by atoms with E-state index < -0.39 is 11.9 Å². The fraction of sp³-hybridized carbons (Fsp3) is 0.636. The fourth-order valence-electron chi connectivity index (χ4n) is 2.87. The first-order valence-corrected chi connectivity index (χ1v) is 11.4. The number of carbonyl (C=O) groups is 2. The molecule has 0 atom stereocenters. The Bertz CT molecular complexity index is 562. The zero-order valence-electron chi connectivity index (χ0n) is 16.7. The number of para-hydroxylation sites is 1. The van der Waals surface area contributed by atoms with E-state index in [0.29, 0.717) is 12.8 Å². The quantitative estimate of drug-likeness (QED) is 0.228. The molecule has 0 unspecified atom stereocenters. The largest absolute Gasteiger partial charge is 0.492 e. The van der Waals surface area contributed by atoms with Crippen molar-refractivity contribution in [3.05, 3.63) is 24.3 Å². The van der Waals surface area contributed by atoms with E-state index in [1.165, 1.54) is 19.3 Å². The van der Waals surface area contributed by atoms with Crippen LogP contribution in [0.4, 0.5) is 0 Å². The van der Waals surface area contributed by atoms with Crippen molar-refractivity contribution in [3.8, 4) is 5.75 Å². The summed E-state index contributed by atoms with van der Waals surface area (Å²) in [4.78, 5) is 22.1. The SMILES string of the molecule is O=C(O)CCCCCCCCCCOc1ccccc1SCCCCC(=O)O. The molecule has 0 saturated carbocycles. The monoisotopic (exact) mass is 410 g/mol. The Morgan fingerprint density at radius 2 is 1.29 bits per heavy atom. The Labute approximate surface area is 172 Å². The van der Waals surface area contributed by atoms with E-state index in [2.05, 4.69) is 6.07 Å². The molecule has 0 spiro atoms. The van der Waals surface area contributed by atoms with Crippen LogP contribution in [0.15, 0.2) is 29.2 Å². The number of aliphatic carboxylic acids is 2. The highest BCUT2D eigenvalue weighted by Crippen LogP contribution is 2.30. The van der Waals surface area contributed by atoms with E-state index in [-0.39, 0.29) is 6.42 Å². The molecule has 0 amide bonds. The molecule has 6 heteroatoms. The molecule has 1 aromatic carbocycles. The summed E-state index contributed by atoms with van der Waals surface area (Å²) in [7, 11) is 0. The van der Waals surface area contributed by atoms with Crippen LogP contribution >= 0.6 is 11.8 Å². The van der Waals surface area contributed by atoms with Crippen molar-refractivity contribution in [1.29, 1.82) is 0 Å². The van der Waals surface area contributed by atoms with Crippen LogP contribution in [0.5, 0.6) is 5.75 Å². The van der Waals surface area contributed by atoms with Crippen molar-refractivity contribution >= 4 is 23.7 Å². The Hall–Kier alpha value is -1.69. The van der Waals surface area contributed by atoms with Crippen LogP contribution in [0.3, 0.4) is 0 Å². The molecule has 0 fully saturated rings. The second-order valence-electron chi connectivity index (χ2n) is 6.97. The topological polar surface area (TPSA) is 83.8 Å². The van der Waals surface area contributed by atoms with Crippen LogP contribution in [0, 0.1) is 0 Å². The number of hydrogen-bond donors (Lipinski definition) is 2. The molecular formula is C22H34O5S. The number of ether oxygens (including phenoxy) is 1. The van der Waals surface area contributed by atoms with Crippen LogP contribution in [0.1, 0.15) is 77.0 Å². The summed E-state index contributed by atoms with van der Waals surface area (Å²) in [6.45, 7) is 0.717. The number of carboxylic acid groups (broad SMARTS) is 2. The van der Waals surface area contributed by atoms with Gasteiger partial charge in [-0.05, 0) is 43.6 Å². The molecule has 0 aliphatic heterocycles. The number of thioether (sulfide) groups is 1. The zero-order chi connectivity index (χ0) is 20.5. The van der Waals surface area contributed by atoms with E-state index in [0.717, 1.165) is 61.5 Å². The van der Waals surface area contributed by atoms with Crippen molar-refractivity contribution in [3.63, 3.8) is 0 Å². The van der Waals surface area contributed by atoms with Crippen molar-refractivity contribution in [2.45, 2.75) is 81.9 Å². The first-order valence-electron chi connectivity index (χ1n) is 10.4. The molecule has 5 nitrogen and oxygen atoms in total. The molecular weight excluding hydrogens is 376 g/mol. The van der Waals surface area contributed by atoms with E-state index in [9.17, 15) is 9.59 Å². The molecule has 1 aromatic rings. The van der Waals surface area contributed by atoms with Gasteiger partial charge in [-0.2, -0.15) is 0 Å². The van der Waals surface area contributed by atoms with Gasteiger partial charge in [0, 0.05) is 17.7 Å². The third kappa shape index (κ3) is 13.5. The molecule has 0 radical (unpaired) electrons. The molecule has 0 heterocycles. The maximum atomic E-state index is 10.5. The lowest BCUT2D eigenvalue weighted by molar-refractivity contribution is -0.138. The number of benzene rings is 1. The van der Waals surface area contributed by atoms with Crippen LogP contribution < -0.4 is 4.74 Å². The summed E-state index contributed by atoms with van der Waals surface area (Å²) in [6.07, 6.45) is 10.8. The number of rotatable bonds is 18. The van der Waals surface area contributed by atoms with Crippen LogP contribution in [-0.4, -0.2) is 34.5 Å². The van der Waals surface area contributed by atoms with E-state index in [1.54, 1.807) is 11.8 Å². The van der Waals surface area contributed by atoms with Crippen molar-refractivity contribution in [1.82, 2.24) is 0 Å². The zero-order valence-corrected chi connectivity index (χ0v) is 17.6. The standard InChI is InChI=1S/C22H34O5S/c23-21(24)15-7-5-3-1-2-4-6-11-17-27-19-13-8-9-14-20(19)28-18-12-10-16-22(25)26/h8-9,13-14H,1-7,10-12,15-18H2,(H,23,24)(H,25,26). The van der Waals surface area contributed by atoms with Gasteiger partial charge in [-0.1, -0.05) is 50.7 Å². The lowest BCUT2D eigenvalue weighted by Crippen LogP contribution is -1.99. The van der Waals surface area contributed by atoms with Gasteiger partial charge in [-0.3, -0.25) is 9.59 Å². The smallest absolute Gasteiger partial charge is 0.303 e. The van der Waals surface area contributed by atoms with Crippen molar-refractivity contribution in [2.75, 3.05) is 12.4 Å². The van der Waals surface area contributed by atoms with E-state index >= 15 is 0 Å². The lowest BCUT2D eigenvalue weighted by atomic mass is 10.1. The Balaban J connectivity index is 2.06. The molecule has 28 heavy (non-hydrogen) atoms. The minimum Gasteiger partial charge on any atom is -0.492 e. The maximum Gasteiger partial charge on any atom is 0.303 e. The summed E-state index contributed by atoms with van der Waals surface area (Å²) >= 11 is 1.73. The van der Waals surface area contributed by atoms with Gasteiger partial charge < -0.3 is 14.9 Å². The number of carboxylic acids is 2. The third-order valence-corrected chi connectivity index (χ3v) is 5.58. The van der Waals surface area contributed by atoms with E-state index in [4.69, 9.17) is 14.9 Å². The molecule has 0 aliphatic carbocycles.